The molecule has 1 fully saturated rings. The van der Waals surface area contributed by atoms with Gasteiger partial charge >= 0.3 is 11.9 Å². The third-order valence-electron chi connectivity index (χ3n) is 5.12. The third kappa shape index (κ3) is 6.49. The summed E-state index contributed by atoms with van der Waals surface area (Å²) in [6, 6.07) is 14.4. The van der Waals surface area contributed by atoms with Crippen molar-refractivity contribution in [3.05, 3.63) is 71.3 Å². The number of rotatable bonds is 9. The summed E-state index contributed by atoms with van der Waals surface area (Å²) in [5.41, 5.74) is 1.73. The van der Waals surface area contributed by atoms with Crippen molar-refractivity contribution in [2.24, 2.45) is 0 Å². The molecule has 1 aliphatic heterocycles. The van der Waals surface area contributed by atoms with Crippen LogP contribution in [0.15, 0.2) is 54.6 Å². The van der Waals surface area contributed by atoms with Crippen molar-refractivity contribution in [1.29, 1.82) is 0 Å². The van der Waals surface area contributed by atoms with E-state index in [1.54, 1.807) is 12.1 Å². The van der Waals surface area contributed by atoms with E-state index in [1.165, 1.54) is 24.1 Å². The van der Waals surface area contributed by atoms with E-state index in [2.05, 4.69) is 5.32 Å². The molecule has 9 heteroatoms. The van der Waals surface area contributed by atoms with Crippen LogP contribution in [-0.4, -0.2) is 54.3 Å². The zero-order valence-corrected chi connectivity index (χ0v) is 18.1. The Balaban J connectivity index is 1.51. The van der Waals surface area contributed by atoms with Gasteiger partial charge in [0.25, 0.3) is 5.91 Å². The van der Waals surface area contributed by atoms with Crippen LogP contribution in [0.5, 0.6) is 0 Å². The molecule has 3 amide bonds. The first-order valence-electron chi connectivity index (χ1n) is 10.4. The average molecular weight is 452 g/mol. The first-order valence-corrected chi connectivity index (χ1v) is 10.4. The largest absolute Gasteiger partial charge is 0.467 e. The summed E-state index contributed by atoms with van der Waals surface area (Å²) in [6.45, 7) is -0.425. The lowest BCUT2D eigenvalue weighted by Gasteiger charge is -2.16. The number of esters is 2. The Labute approximate surface area is 190 Å². The molecule has 0 bridgehead atoms. The predicted molar refractivity (Wildman–Crippen MR) is 116 cm³/mol. The van der Waals surface area contributed by atoms with Crippen LogP contribution < -0.4 is 5.32 Å². The molecule has 0 radical (unpaired) electrons. The topological polar surface area (TPSA) is 119 Å². The number of nitrogens with one attached hydrogen (secondary N) is 1. The van der Waals surface area contributed by atoms with Gasteiger partial charge in [-0.1, -0.05) is 42.5 Å². The maximum absolute atomic E-state index is 12.3. The molecule has 1 N–H and O–H groups in total. The first kappa shape index (κ1) is 23.6. The maximum Gasteiger partial charge on any atom is 0.338 e. The van der Waals surface area contributed by atoms with Gasteiger partial charge < -0.3 is 14.8 Å². The van der Waals surface area contributed by atoms with Gasteiger partial charge in [0.05, 0.1) is 19.2 Å². The van der Waals surface area contributed by atoms with Crippen LogP contribution >= 0.6 is 0 Å². The summed E-state index contributed by atoms with van der Waals surface area (Å²) in [4.78, 5) is 61.1. The highest BCUT2D eigenvalue weighted by Gasteiger charge is 2.28. The van der Waals surface area contributed by atoms with E-state index in [0.29, 0.717) is 5.56 Å². The molecule has 0 aliphatic carbocycles. The van der Waals surface area contributed by atoms with Crippen molar-refractivity contribution < 1.29 is 33.4 Å². The maximum atomic E-state index is 12.3. The highest BCUT2D eigenvalue weighted by molar-refractivity contribution is 6.01. The lowest BCUT2D eigenvalue weighted by atomic mass is 10.1. The van der Waals surface area contributed by atoms with Crippen LogP contribution in [0.25, 0.3) is 0 Å². The SMILES string of the molecule is COC(=O)C(Cc1ccccc1)NC(=O)COC(=O)c1ccc(CN2C(=O)CCC2=O)cc1. The number of likely N-dealkylation sites (tertiary alicyclic amines) is 1. The molecule has 0 saturated carbocycles. The Hall–Kier alpha value is -4.01. The van der Waals surface area contributed by atoms with Gasteiger partial charge in [-0.15, -0.1) is 0 Å². The van der Waals surface area contributed by atoms with Crippen LogP contribution in [-0.2, 0) is 41.6 Å². The molecule has 0 spiro atoms. The number of carbonyl (C=O) groups excluding carboxylic acids is 5. The first-order chi connectivity index (χ1) is 15.9. The van der Waals surface area contributed by atoms with Crippen molar-refractivity contribution in [2.45, 2.75) is 31.8 Å². The zero-order valence-electron chi connectivity index (χ0n) is 18.1. The number of amides is 3. The number of hydrogen-bond donors (Lipinski definition) is 1. The van der Waals surface area contributed by atoms with Crippen molar-refractivity contribution >= 4 is 29.7 Å². The van der Waals surface area contributed by atoms with Crippen molar-refractivity contribution in [3.63, 3.8) is 0 Å². The molecular weight excluding hydrogens is 428 g/mol. The predicted octanol–water partition coefficient (Wildman–Crippen LogP) is 1.39. The molecule has 1 atom stereocenters. The molecule has 3 rings (SSSR count). The molecular formula is C24H24N2O7. The van der Waals surface area contributed by atoms with Crippen molar-refractivity contribution in [1.82, 2.24) is 10.2 Å². The summed E-state index contributed by atoms with van der Waals surface area (Å²) < 4.78 is 9.79. The van der Waals surface area contributed by atoms with E-state index in [4.69, 9.17) is 9.47 Å². The van der Waals surface area contributed by atoms with Crippen molar-refractivity contribution in [2.75, 3.05) is 13.7 Å². The van der Waals surface area contributed by atoms with Crippen LogP contribution in [0.2, 0.25) is 0 Å². The Bertz CT molecular complexity index is 1020. The average Bonchev–Trinajstić information content (AvgIpc) is 3.14. The van der Waals surface area contributed by atoms with Gasteiger partial charge in [-0.2, -0.15) is 0 Å². The Kier molecular flexibility index (Phi) is 7.91. The number of methoxy groups -OCH3 is 1. The second kappa shape index (κ2) is 11.0. The highest BCUT2D eigenvalue weighted by Crippen LogP contribution is 2.16. The molecule has 2 aromatic carbocycles. The number of hydrogen-bond acceptors (Lipinski definition) is 7. The minimum atomic E-state index is -0.918. The number of imide groups is 1. The van der Waals surface area contributed by atoms with Crippen molar-refractivity contribution in [3.8, 4) is 0 Å². The Morgan fingerprint density at radius 2 is 1.58 bits per heavy atom. The second-order valence-corrected chi connectivity index (χ2v) is 7.48. The minimum absolute atomic E-state index is 0.145. The van der Waals surface area contributed by atoms with Gasteiger partial charge in [-0.3, -0.25) is 19.3 Å². The molecule has 9 nitrogen and oxygen atoms in total. The normalized spacial score (nSPS) is 14.0. The fourth-order valence-corrected chi connectivity index (χ4v) is 3.36. The van der Waals surface area contributed by atoms with Gasteiger partial charge in [0, 0.05) is 19.3 Å². The van der Waals surface area contributed by atoms with Gasteiger partial charge in [0.1, 0.15) is 6.04 Å². The fraction of sp³-hybridized carbons (Fsp3) is 0.292. The van der Waals surface area contributed by atoms with Crippen LogP contribution in [0.3, 0.4) is 0 Å². The second-order valence-electron chi connectivity index (χ2n) is 7.48. The van der Waals surface area contributed by atoms with E-state index >= 15 is 0 Å². The van der Waals surface area contributed by atoms with Gasteiger partial charge in [0.2, 0.25) is 11.8 Å². The standard InChI is InChI=1S/C24H24N2O7/c1-32-24(31)19(13-16-5-3-2-4-6-16)25-20(27)15-33-23(30)18-9-7-17(8-10-18)14-26-21(28)11-12-22(26)29/h2-10,19H,11-15H2,1H3,(H,25,27). The Morgan fingerprint density at radius 1 is 0.939 bits per heavy atom. The van der Waals surface area contributed by atoms with Gasteiger partial charge in [-0.25, -0.2) is 9.59 Å². The van der Waals surface area contributed by atoms with Gasteiger partial charge in [-0.05, 0) is 23.3 Å². The molecule has 1 heterocycles. The molecule has 1 aliphatic rings. The number of carbonyl (C=O) groups is 5. The Morgan fingerprint density at radius 3 is 2.18 bits per heavy atom. The number of ether oxygens (including phenoxy) is 2. The van der Waals surface area contributed by atoms with E-state index in [-0.39, 0.29) is 43.2 Å². The molecule has 33 heavy (non-hydrogen) atoms. The summed E-state index contributed by atoms with van der Waals surface area (Å²) in [7, 11) is 1.23. The van der Waals surface area contributed by atoms with Gasteiger partial charge in [0.15, 0.2) is 6.61 Å². The lowest BCUT2D eigenvalue weighted by molar-refractivity contribution is -0.145. The molecule has 172 valence electrons. The van der Waals surface area contributed by atoms with Crippen LogP contribution in [0.1, 0.15) is 34.3 Å². The summed E-state index contributed by atoms with van der Waals surface area (Å²) in [6.07, 6.45) is 0.664. The zero-order chi connectivity index (χ0) is 23.8. The molecule has 1 unspecified atom stereocenters. The summed E-state index contributed by atoms with van der Waals surface area (Å²) in [5.74, 6) is -2.40. The summed E-state index contributed by atoms with van der Waals surface area (Å²) in [5, 5.41) is 2.52. The lowest BCUT2D eigenvalue weighted by Crippen LogP contribution is -2.44. The summed E-state index contributed by atoms with van der Waals surface area (Å²) >= 11 is 0. The van der Waals surface area contributed by atoms with E-state index < -0.39 is 30.5 Å². The van der Waals surface area contributed by atoms with Crippen LogP contribution in [0, 0.1) is 0 Å². The smallest absolute Gasteiger partial charge is 0.338 e. The number of nitrogens with zero attached hydrogens (tertiary/aromatic N) is 1. The number of benzene rings is 2. The molecule has 0 aromatic heterocycles. The van der Waals surface area contributed by atoms with Crippen LogP contribution in [0.4, 0.5) is 0 Å². The van der Waals surface area contributed by atoms with E-state index in [0.717, 1.165) is 5.56 Å². The van der Waals surface area contributed by atoms with E-state index in [9.17, 15) is 24.0 Å². The fourth-order valence-electron chi connectivity index (χ4n) is 3.36. The highest BCUT2D eigenvalue weighted by atomic mass is 16.5. The monoisotopic (exact) mass is 452 g/mol. The molecule has 2 aromatic rings. The van der Waals surface area contributed by atoms with E-state index in [1.807, 2.05) is 30.3 Å². The third-order valence-corrected chi connectivity index (χ3v) is 5.12. The minimum Gasteiger partial charge on any atom is -0.467 e. The molecule has 1 saturated heterocycles. The quantitative estimate of drug-likeness (QED) is 0.451.